The molecule has 0 aromatic heterocycles. The van der Waals surface area contributed by atoms with E-state index in [1.54, 1.807) is 6.07 Å². The Morgan fingerprint density at radius 1 is 1.25 bits per heavy atom. The molecule has 0 spiro atoms. The summed E-state index contributed by atoms with van der Waals surface area (Å²) in [5.41, 5.74) is 0.243. The summed E-state index contributed by atoms with van der Waals surface area (Å²) >= 11 is 1.50. The lowest BCUT2D eigenvalue weighted by Gasteiger charge is -2.12. The van der Waals surface area contributed by atoms with Crippen LogP contribution in [0.4, 0.5) is 0 Å². The van der Waals surface area contributed by atoms with Gasteiger partial charge in [-0.2, -0.15) is 0 Å². The van der Waals surface area contributed by atoms with Gasteiger partial charge >= 0.3 is 5.97 Å². The molecule has 1 rings (SSSR count). The van der Waals surface area contributed by atoms with Crippen LogP contribution in [0.1, 0.15) is 37.0 Å². The summed E-state index contributed by atoms with van der Waals surface area (Å²) in [6, 6.07) is 5.31. The molecule has 0 radical (unpaired) electrons. The van der Waals surface area contributed by atoms with Crippen LogP contribution in [0.15, 0.2) is 23.1 Å². The lowest BCUT2D eigenvalue weighted by Crippen LogP contribution is -2.10. The van der Waals surface area contributed by atoms with Crippen LogP contribution in [-0.4, -0.2) is 36.6 Å². The van der Waals surface area contributed by atoms with Crippen molar-refractivity contribution >= 4 is 17.7 Å². The van der Waals surface area contributed by atoms with Gasteiger partial charge in [0.15, 0.2) is 0 Å². The molecule has 4 nitrogen and oxygen atoms in total. The summed E-state index contributed by atoms with van der Waals surface area (Å²) in [5, 5.41) is 9.32. The third-order valence-electron chi connectivity index (χ3n) is 2.63. The van der Waals surface area contributed by atoms with Crippen molar-refractivity contribution in [1.82, 2.24) is 0 Å². The van der Waals surface area contributed by atoms with Gasteiger partial charge in [-0.3, -0.25) is 0 Å². The van der Waals surface area contributed by atoms with Crippen molar-refractivity contribution in [2.75, 3.05) is 25.6 Å². The SMILES string of the molecule is CCCCOCCOc1cccc(SCC)c1C(=O)O. The topological polar surface area (TPSA) is 55.8 Å². The van der Waals surface area contributed by atoms with Crippen molar-refractivity contribution in [1.29, 1.82) is 0 Å². The van der Waals surface area contributed by atoms with Crippen molar-refractivity contribution in [3.05, 3.63) is 23.8 Å². The molecule has 1 N–H and O–H groups in total. The minimum Gasteiger partial charge on any atom is -0.490 e. The Kier molecular flexibility index (Phi) is 8.14. The Morgan fingerprint density at radius 3 is 2.70 bits per heavy atom. The Labute approximate surface area is 124 Å². The van der Waals surface area contributed by atoms with Gasteiger partial charge in [-0.05, 0) is 24.3 Å². The van der Waals surface area contributed by atoms with Gasteiger partial charge in [-0.25, -0.2) is 4.79 Å². The summed E-state index contributed by atoms with van der Waals surface area (Å²) in [6.45, 7) is 5.66. The molecule has 0 saturated carbocycles. The van der Waals surface area contributed by atoms with E-state index in [9.17, 15) is 9.90 Å². The van der Waals surface area contributed by atoms with Crippen LogP contribution in [0.25, 0.3) is 0 Å². The quantitative estimate of drug-likeness (QED) is 0.527. The maximum absolute atomic E-state index is 11.4. The molecule has 0 amide bonds. The molecule has 0 unspecified atom stereocenters. The van der Waals surface area contributed by atoms with Gasteiger partial charge in [0.2, 0.25) is 0 Å². The summed E-state index contributed by atoms with van der Waals surface area (Å²) in [7, 11) is 0. The van der Waals surface area contributed by atoms with Crippen molar-refractivity contribution in [3.8, 4) is 5.75 Å². The number of aromatic carboxylic acids is 1. The predicted octanol–water partition coefficient (Wildman–Crippen LogP) is 3.69. The van der Waals surface area contributed by atoms with E-state index in [1.165, 1.54) is 11.8 Å². The number of carboxylic acid groups (broad SMARTS) is 1. The molecule has 5 heteroatoms. The zero-order valence-corrected chi connectivity index (χ0v) is 12.9. The first-order chi connectivity index (χ1) is 9.70. The van der Waals surface area contributed by atoms with E-state index < -0.39 is 5.97 Å². The molecule has 1 aromatic rings. The van der Waals surface area contributed by atoms with Crippen LogP contribution in [0, 0.1) is 0 Å². The predicted molar refractivity (Wildman–Crippen MR) is 81.0 cm³/mol. The van der Waals surface area contributed by atoms with E-state index in [0.717, 1.165) is 30.1 Å². The van der Waals surface area contributed by atoms with E-state index in [1.807, 2.05) is 19.1 Å². The average molecular weight is 298 g/mol. The van der Waals surface area contributed by atoms with Crippen LogP contribution >= 0.6 is 11.8 Å². The zero-order valence-electron chi connectivity index (χ0n) is 12.1. The maximum atomic E-state index is 11.4. The number of thioether (sulfide) groups is 1. The highest BCUT2D eigenvalue weighted by Crippen LogP contribution is 2.30. The van der Waals surface area contributed by atoms with Gasteiger partial charge in [0.1, 0.15) is 17.9 Å². The molecule has 0 heterocycles. The molecular formula is C15H22O4S. The highest BCUT2D eigenvalue weighted by molar-refractivity contribution is 7.99. The number of rotatable bonds is 10. The van der Waals surface area contributed by atoms with Crippen molar-refractivity contribution in [2.24, 2.45) is 0 Å². The summed E-state index contributed by atoms with van der Waals surface area (Å²) in [5.74, 6) is 0.280. The normalized spacial score (nSPS) is 10.5. The van der Waals surface area contributed by atoms with E-state index >= 15 is 0 Å². The maximum Gasteiger partial charge on any atom is 0.340 e. The lowest BCUT2D eigenvalue weighted by atomic mass is 10.2. The highest BCUT2D eigenvalue weighted by Gasteiger charge is 2.16. The second kappa shape index (κ2) is 9.66. The number of ether oxygens (including phenoxy) is 2. The number of benzene rings is 1. The molecule has 20 heavy (non-hydrogen) atoms. The van der Waals surface area contributed by atoms with Crippen LogP contribution in [-0.2, 0) is 4.74 Å². The minimum atomic E-state index is -0.955. The third-order valence-corrected chi connectivity index (χ3v) is 3.57. The molecule has 0 atom stereocenters. The molecule has 0 fully saturated rings. The lowest BCUT2D eigenvalue weighted by molar-refractivity contribution is 0.0680. The molecular weight excluding hydrogens is 276 g/mol. The van der Waals surface area contributed by atoms with Gasteiger partial charge in [-0.15, -0.1) is 11.8 Å². The highest BCUT2D eigenvalue weighted by atomic mass is 32.2. The fourth-order valence-corrected chi connectivity index (χ4v) is 2.49. The van der Waals surface area contributed by atoms with Gasteiger partial charge in [0, 0.05) is 11.5 Å². The molecule has 0 saturated heterocycles. The summed E-state index contributed by atoms with van der Waals surface area (Å²) < 4.78 is 10.9. The van der Waals surface area contributed by atoms with E-state index in [2.05, 4.69) is 6.92 Å². The van der Waals surface area contributed by atoms with Crippen molar-refractivity contribution in [2.45, 2.75) is 31.6 Å². The average Bonchev–Trinajstić information content (AvgIpc) is 2.43. The van der Waals surface area contributed by atoms with Crippen LogP contribution in [0.3, 0.4) is 0 Å². The monoisotopic (exact) mass is 298 g/mol. The first kappa shape index (κ1) is 16.9. The number of hydrogen-bond acceptors (Lipinski definition) is 4. The Morgan fingerprint density at radius 2 is 2.05 bits per heavy atom. The number of unbranched alkanes of at least 4 members (excludes halogenated alkanes) is 1. The first-order valence-electron chi connectivity index (χ1n) is 6.90. The zero-order chi connectivity index (χ0) is 14.8. The minimum absolute atomic E-state index is 0.243. The fourth-order valence-electron chi connectivity index (χ4n) is 1.68. The van der Waals surface area contributed by atoms with Crippen molar-refractivity contribution < 1.29 is 19.4 Å². The van der Waals surface area contributed by atoms with Crippen LogP contribution in [0.5, 0.6) is 5.75 Å². The summed E-state index contributed by atoms with van der Waals surface area (Å²) in [4.78, 5) is 12.1. The van der Waals surface area contributed by atoms with E-state index in [4.69, 9.17) is 9.47 Å². The van der Waals surface area contributed by atoms with E-state index in [-0.39, 0.29) is 5.56 Å². The molecule has 1 aromatic carbocycles. The number of carbonyl (C=O) groups is 1. The van der Waals surface area contributed by atoms with Gasteiger partial charge < -0.3 is 14.6 Å². The molecule has 0 aliphatic heterocycles. The number of hydrogen-bond donors (Lipinski definition) is 1. The van der Waals surface area contributed by atoms with Gasteiger partial charge in [0.25, 0.3) is 0 Å². The molecule has 0 aliphatic rings. The summed E-state index contributed by atoms with van der Waals surface area (Å²) in [6.07, 6.45) is 2.13. The Balaban J connectivity index is 2.60. The van der Waals surface area contributed by atoms with Gasteiger partial charge in [0.05, 0.1) is 6.61 Å². The molecule has 0 bridgehead atoms. The molecule has 0 aliphatic carbocycles. The Bertz CT molecular complexity index is 420. The fraction of sp³-hybridized carbons (Fsp3) is 0.533. The Hall–Kier alpha value is -1.20. The smallest absolute Gasteiger partial charge is 0.340 e. The third kappa shape index (κ3) is 5.43. The second-order valence-electron chi connectivity index (χ2n) is 4.18. The second-order valence-corrected chi connectivity index (χ2v) is 5.49. The van der Waals surface area contributed by atoms with Crippen molar-refractivity contribution in [3.63, 3.8) is 0 Å². The number of carboxylic acids is 1. The molecule has 112 valence electrons. The standard InChI is InChI=1S/C15H22O4S/c1-3-5-9-18-10-11-19-12-7-6-8-13(20-4-2)14(12)15(16)17/h6-8H,3-5,9-11H2,1-2H3,(H,16,17). The van der Waals surface area contributed by atoms with E-state index in [0.29, 0.717) is 19.0 Å². The largest absolute Gasteiger partial charge is 0.490 e. The van der Waals surface area contributed by atoms with Crippen LogP contribution in [0.2, 0.25) is 0 Å². The van der Waals surface area contributed by atoms with Crippen LogP contribution < -0.4 is 4.74 Å². The first-order valence-corrected chi connectivity index (χ1v) is 7.88. The van der Waals surface area contributed by atoms with Gasteiger partial charge in [-0.1, -0.05) is 26.3 Å².